The van der Waals surface area contributed by atoms with Crippen LogP contribution in [-0.2, 0) is 18.4 Å². The van der Waals surface area contributed by atoms with Crippen LogP contribution in [0.5, 0.6) is 5.75 Å². The molecule has 3 rings (SSSR count). The van der Waals surface area contributed by atoms with Crippen molar-refractivity contribution >= 4 is 15.9 Å². The van der Waals surface area contributed by atoms with E-state index in [4.69, 9.17) is 4.74 Å². The molecule has 1 atom stereocenters. The number of rotatable bonds is 3. The molecule has 0 saturated heterocycles. The SMILES string of the molecule is COc1ccc2c(c1)C(O)(Cc1ccc(F)cc1Br)CC2. The van der Waals surface area contributed by atoms with E-state index in [0.29, 0.717) is 17.3 Å². The Morgan fingerprint density at radius 1 is 1.29 bits per heavy atom. The van der Waals surface area contributed by atoms with Crippen LogP contribution in [0.4, 0.5) is 4.39 Å². The van der Waals surface area contributed by atoms with Crippen LogP contribution in [-0.4, -0.2) is 12.2 Å². The Labute approximate surface area is 131 Å². The Morgan fingerprint density at radius 2 is 2.10 bits per heavy atom. The van der Waals surface area contributed by atoms with Crippen molar-refractivity contribution in [3.05, 3.63) is 63.4 Å². The van der Waals surface area contributed by atoms with Gasteiger partial charge in [-0.25, -0.2) is 4.39 Å². The van der Waals surface area contributed by atoms with Gasteiger partial charge in [0.05, 0.1) is 12.7 Å². The first-order chi connectivity index (χ1) is 10.0. The van der Waals surface area contributed by atoms with Gasteiger partial charge in [-0.3, -0.25) is 0 Å². The molecule has 0 fully saturated rings. The van der Waals surface area contributed by atoms with Gasteiger partial charge < -0.3 is 9.84 Å². The van der Waals surface area contributed by atoms with Crippen molar-refractivity contribution in [1.82, 2.24) is 0 Å². The first-order valence-corrected chi connectivity index (χ1v) is 7.65. The van der Waals surface area contributed by atoms with Crippen LogP contribution in [0.15, 0.2) is 40.9 Å². The molecular formula is C17H16BrFO2. The summed E-state index contributed by atoms with van der Waals surface area (Å²) in [6.07, 6.45) is 1.96. The summed E-state index contributed by atoms with van der Waals surface area (Å²) in [7, 11) is 1.62. The maximum absolute atomic E-state index is 13.2. The number of hydrogen-bond donors (Lipinski definition) is 1. The first kappa shape index (κ1) is 14.5. The summed E-state index contributed by atoms with van der Waals surface area (Å²) in [6.45, 7) is 0. The fourth-order valence-corrected chi connectivity index (χ4v) is 3.46. The van der Waals surface area contributed by atoms with Crippen LogP contribution in [0.1, 0.15) is 23.1 Å². The molecule has 110 valence electrons. The molecule has 4 heteroatoms. The van der Waals surface area contributed by atoms with Crippen molar-refractivity contribution in [3.8, 4) is 5.75 Å². The highest BCUT2D eigenvalue weighted by atomic mass is 79.9. The summed E-state index contributed by atoms with van der Waals surface area (Å²) in [5.41, 5.74) is 2.04. The van der Waals surface area contributed by atoms with Crippen molar-refractivity contribution in [2.45, 2.75) is 24.9 Å². The highest BCUT2D eigenvalue weighted by molar-refractivity contribution is 9.10. The lowest BCUT2D eigenvalue weighted by molar-refractivity contribution is 0.0386. The number of ether oxygens (including phenoxy) is 1. The van der Waals surface area contributed by atoms with E-state index in [-0.39, 0.29) is 5.82 Å². The lowest BCUT2D eigenvalue weighted by atomic mass is 9.88. The van der Waals surface area contributed by atoms with Crippen molar-refractivity contribution in [3.63, 3.8) is 0 Å². The Bertz CT molecular complexity index is 686. The van der Waals surface area contributed by atoms with Crippen LogP contribution in [0.3, 0.4) is 0 Å². The molecule has 0 bridgehead atoms. The summed E-state index contributed by atoms with van der Waals surface area (Å²) in [6, 6.07) is 10.4. The van der Waals surface area contributed by atoms with E-state index in [9.17, 15) is 9.50 Å². The molecule has 0 spiro atoms. The minimum absolute atomic E-state index is 0.286. The monoisotopic (exact) mass is 350 g/mol. The standard InChI is InChI=1S/C17H16BrFO2/c1-21-14-5-3-11-6-7-17(20,15(11)9-14)10-12-2-4-13(19)8-16(12)18/h2-5,8-9,20H,6-7,10H2,1H3. The van der Waals surface area contributed by atoms with E-state index in [2.05, 4.69) is 15.9 Å². The molecule has 1 N–H and O–H groups in total. The smallest absolute Gasteiger partial charge is 0.124 e. The topological polar surface area (TPSA) is 29.5 Å². The van der Waals surface area contributed by atoms with E-state index in [1.165, 1.54) is 12.1 Å². The Hall–Kier alpha value is -1.39. The normalized spacial score (nSPS) is 20.4. The van der Waals surface area contributed by atoms with Gasteiger partial charge in [-0.1, -0.05) is 28.1 Å². The van der Waals surface area contributed by atoms with Crippen LogP contribution >= 0.6 is 15.9 Å². The molecule has 2 aromatic carbocycles. The van der Waals surface area contributed by atoms with E-state index < -0.39 is 5.60 Å². The molecule has 0 heterocycles. The molecule has 0 radical (unpaired) electrons. The Morgan fingerprint density at radius 3 is 2.81 bits per heavy atom. The highest BCUT2D eigenvalue weighted by Gasteiger charge is 2.37. The lowest BCUT2D eigenvalue weighted by Crippen LogP contribution is -2.25. The summed E-state index contributed by atoms with van der Waals surface area (Å²) in [5.74, 6) is 0.457. The highest BCUT2D eigenvalue weighted by Crippen LogP contribution is 2.41. The molecule has 0 amide bonds. The zero-order valence-corrected chi connectivity index (χ0v) is 13.3. The number of hydrogen-bond acceptors (Lipinski definition) is 2. The molecule has 0 aromatic heterocycles. The van der Waals surface area contributed by atoms with Crippen molar-refractivity contribution < 1.29 is 14.2 Å². The van der Waals surface area contributed by atoms with Crippen LogP contribution in [0.25, 0.3) is 0 Å². The maximum Gasteiger partial charge on any atom is 0.124 e. The third kappa shape index (κ3) is 2.70. The average molecular weight is 351 g/mol. The van der Waals surface area contributed by atoms with Gasteiger partial charge in [-0.05, 0) is 53.8 Å². The molecule has 1 aliphatic carbocycles. The van der Waals surface area contributed by atoms with Gasteiger partial charge in [-0.15, -0.1) is 0 Å². The van der Waals surface area contributed by atoms with E-state index in [0.717, 1.165) is 28.9 Å². The lowest BCUT2D eigenvalue weighted by Gasteiger charge is -2.25. The second-order valence-corrected chi connectivity index (χ2v) is 6.32. The number of methoxy groups -OCH3 is 1. The van der Waals surface area contributed by atoms with Gasteiger partial charge in [0.15, 0.2) is 0 Å². The minimum Gasteiger partial charge on any atom is -0.497 e. The quantitative estimate of drug-likeness (QED) is 0.907. The summed E-state index contributed by atoms with van der Waals surface area (Å²) >= 11 is 3.37. The van der Waals surface area contributed by atoms with E-state index in [1.807, 2.05) is 18.2 Å². The number of aliphatic hydroxyl groups is 1. The molecule has 0 saturated carbocycles. The molecule has 1 aliphatic rings. The van der Waals surface area contributed by atoms with Crippen LogP contribution < -0.4 is 4.74 Å². The average Bonchev–Trinajstić information content (AvgIpc) is 2.79. The molecule has 21 heavy (non-hydrogen) atoms. The molecule has 2 aromatic rings. The number of benzene rings is 2. The van der Waals surface area contributed by atoms with Gasteiger partial charge in [0.1, 0.15) is 11.6 Å². The zero-order chi connectivity index (χ0) is 15.0. The Kier molecular flexibility index (Phi) is 3.76. The first-order valence-electron chi connectivity index (χ1n) is 6.85. The summed E-state index contributed by atoms with van der Waals surface area (Å²) < 4.78 is 19.1. The zero-order valence-electron chi connectivity index (χ0n) is 11.7. The number of fused-ring (bicyclic) bond motifs is 1. The van der Waals surface area contributed by atoms with Crippen molar-refractivity contribution in [2.75, 3.05) is 7.11 Å². The van der Waals surface area contributed by atoms with Gasteiger partial charge in [-0.2, -0.15) is 0 Å². The van der Waals surface area contributed by atoms with Gasteiger partial charge in [0, 0.05) is 10.9 Å². The number of halogens is 2. The second-order valence-electron chi connectivity index (χ2n) is 5.47. The summed E-state index contributed by atoms with van der Waals surface area (Å²) in [4.78, 5) is 0. The van der Waals surface area contributed by atoms with Crippen molar-refractivity contribution in [1.29, 1.82) is 0 Å². The largest absolute Gasteiger partial charge is 0.497 e. The maximum atomic E-state index is 13.2. The number of aryl methyl sites for hydroxylation is 1. The van der Waals surface area contributed by atoms with Crippen molar-refractivity contribution in [2.24, 2.45) is 0 Å². The predicted molar refractivity (Wildman–Crippen MR) is 83.0 cm³/mol. The molecule has 0 aliphatic heterocycles. The Balaban J connectivity index is 1.96. The third-order valence-corrected chi connectivity index (χ3v) is 4.86. The van der Waals surface area contributed by atoms with Gasteiger partial charge in [0.25, 0.3) is 0 Å². The molecule has 2 nitrogen and oxygen atoms in total. The van der Waals surface area contributed by atoms with Crippen LogP contribution in [0, 0.1) is 5.82 Å². The fourth-order valence-electron chi connectivity index (χ4n) is 2.97. The molecule has 1 unspecified atom stereocenters. The predicted octanol–water partition coefficient (Wildman–Crippen LogP) is 3.97. The van der Waals surface area contributed by atoms with Gasteiger partial charge in [0.2, 0.25) is 0 Å². The van der Waals surface area contributed by atoms with Gasteiger partial charge >= 0.3 is 0 Å². The summed E-state index contributed by atoms with van der Waals surface area (Å²) in [5, 5.41) is 11.0. The van der Waals surface area contributed by atoms with E-state index >= 15 is 0 Å². The minimum atomic E-state index is -0.926. The third-order valence-electron chi connectivity index (χ3n) is 4.12. The second kappa shape index (κ2) is 5.43. The fraction of sp³-hybridized carbons (Fsp3) is 0.294. The van der Waals surface area contributed by atoms with E-state index in [1.54, 1.807) is 13.2 Å². The van der Waals surface area contributed by atoms with Crippen LogP contribution in [0.2, 0.25) is 0 Å². The molecular weight excluding hydrogens is 335 g/mol.